The highest BCUT2D eigenvalue weighted by Gasteiger charge is 2.18. The number of halogens is 1. The van der Waals surface area contributed by atoms with E-state index >= 15 is 0 Å². The maximum Gasteiger partial charge on any atom is 0.246 e. The van der Waals surface area contributed by atoms with Gasteiger partial charge in [-0.2, -0.15) is 0 Å². The third-order valence-corrected chi connectivity index (χ3v) is 3.14. The van der Waals surface area contributed by atoms with Crippen LogP contribution in [0.5, 0.6) is 0 Å². The normalized spacial score (nSPS) is 13.8. The lowest BCUT2D eigenvalue weighted by Gasteiger charge is -2.10. The molecule has 3 rings (SSSR count). The fraction of sp³-hybridized carbons (Fsp3) is 0.0667. The standard InChI is InChI=1S/C15H10FN3O2/c16-10-3-1-9(2-4-10)15-12-7-11(19-21)5-6-13(12)18-14(20)8-17-15/h1-7H,8H2,(H,18,20). The van der Waals surface area contributed by atoms with Gasteiger partial charge in [0.15, 0.2) is 0 Å². The summed E-state index contributed by atoms with van der Waals surface area (Å²) in [4.78, 5) is 26.6. The number of hydrogen-bond donors (Lipinski definition) is 1. The number of fused-ring (bicyclic) bond motifs is 1. The van der Waals surface area contributed by atoms with Gasteiger partial charge in [0.2, 0.25) is 5.91 Å². The minimum atomic E-state index is -0.356. The number of amides is 1. The van der Waals surface area contributed by atoms with Crippen LogP contribution in [-0.4, -0.2) is 18.2 Å². The highest BCUT2D eigenvalue weighted by Crippen LogP contribution is 2.27. The first-order chi connectivity index (χ1) is 10.2. The van der Waals surface area contributed by atoms with Crippen LogP contribution in [0.3, 0.4) is 0 Å². The second kappa shape index (κ2) is 5.24. The van der Waals surface area contributed by atoms with E-state index in [-0.39, 0.29) is 24.0 Å². The number of nitroso groups, excluding NO2 is 1. The largest absolute Gasteiger partial charge is 0.324 e. The first-order valence-corrected chi connectivity index (χ1v) is 6.25. The molecule has 0 radical (unpaired) electrons. The Bertz CT molecular complexity index is 754. The Morgan fingerprint density at radius 2 is 1.90 bits per heavy atom. The topological polar surface area (TPSA) is 70.9 Å². The maximum absolute atomic E-state index is 13.0. The number of aliphatic imine (C=N–C) groups is 1. The van der Waals surface area contributed by atoms with Gasteiger partial charge >= 0.3 is 0 Å². The second-order valence-corrected chi connectivity index (χ2v) is 4.54. The summed E-state index contributed by atoms with van der Waals surface area (Å²) >= 11 is 0. The molecule has 1 amide bonds. The molecule has 104 valence electrons. The number of anilines is 1. The Morgan fingerprint density at radius 1 is 1.14 bits per heavy atom. The molecule has 1 heterocycles. The molecule has 21 heavy (non-hydrogen) atoms. The van der Waals surface area contributed by atoms with Gasteiger partial charge in [-0.25, -0.2) is 4.39 Å². The van der Waals surface area contributed by atoms with Gasteiger partial charge in [0.25, 0.3) is 0 Å². The SMILES string of the molecule is O=Nc1ccc2c(c1)C(c1ccc(F)cc1)=NCC(=O)N2. The van der Waals surface area contributed by atoms with Crippen LogP contribution in [0.2, 0.25) is 0 Å². The van der Waals surface area contributed by atoms with Crippen LogP contribution in [0.15, 0.2) is 52.6 Å². The van der Waals surface area contributed by atoms with Gasteiger partial charge in [-0.15, -0.1) is 4.91 Å². The van der Waals surface area contributed by atoms with E-state index in [1.807, 2.05) is 0 Å². The molecule has 0 atom stereocenters. The third kappa shape index (κ3) is 2.55. The number of nitrogens with one attached hydrogen (secondary N) is 1. The number of carbonyl (C=O) groups is 1. The summed E-state index contributed by atoms with van der Waals surface area (Å²) in [6.07, 6.45) is 0. The predicted octanol–water partition coefficient (Wildman–Crippen LogP) is 3.01. The summed E-state index contributed by atoms with van der Waals surface area (Å²) in [5.74, 6) is -0.606. The lowest BCUT2D eigenvalue weighted by atomic mass is 10.00. The van der Waals surface area contributed by atoms with Gasteiger partial charge in [-0.3, -0.25) is 9.79 Å². The number of hydrogen-bond acceptors (Lipinski definition) is 4. The molecule has 0 saturated heterocycles. The summed E-state index contributed by atoms with van der Waals surface area (Å²) in [6.45, 7) is -0.0365. The molecule has 0 unspecified atom stereocenters. The molecule has 2 aromatic rings. The van der Waals surface area contributed by atoms with E-state index in [4.69, 9.17) is 0 Å². The van der Waals surface area contributed by atoms with Crippen LogP contribution >= 0.6 is 0 Å². The van der Waals surface area contributed by atoms with Crippen LogP contribution < -0.4 is 5.32 Å². The molecule has 2 aromatic carbocycles. The minimum absolute atomic E-state index is 0.0365. The van der Waals surface area contributed by atoms with Crippen molar-refractivity contribution >= 4 is 23.0 Å². The molecule has 1 aliphatic heterocycles. The van der Waals surface area contributed by atoms with Crippen molar-refractivity contribution in [3.8, 4) is 0 Å². The Kier molecular flexibility index (Phi) is 3.27. The molecule has 1 aliphatic rings. The number of benzene rings is 2. The average molecular weight is 283 g/mol. The second-order valence-electron chi connectivity index (χ2n) is 4.54. The van der Waals surface area contributed by atoms with E-state index in [9.17, 15) is 14.1 Å². The van der Waals surface area contributed by atoms with Gasteiger partial charge in [-0.05, 0) is 47.6 Å². The fourth-order valence-corrected chi connectivity index (χ4v) is 2.17. The zero-order chi connectivity index (χ0) is 14.8. The first-order valence-electron chi connectivity index (χ1n) is 6.25. The summed E-state index contributed by atoms with van der Waals surface area (Å²) in [6, 6.07) is 10.5. The van der Waals surface area contributed by atoms with E-state index in [1.165, 1.54) is 18.2 Å². The number of carbonyl (C=O) groups excluding carboxylic acids is 1. The molecule has 0 aliphatic carbocycles. The van der Waals surface area contributed by atoms with Crippen molar-refractivity contribution < 1.29 is 9.18 Å². The third-order valence-electron chi connectivity index (χ3n) is 3.14. The van der Waals surface area contributed by atoms with Crippen molar-refractivity contribution in [2.24, 2.45) is 10.2 Å². The smallest absolute Gasteiger partial charge is 0.246 e. The van der Waals surface area contributed by atoms with E-state index in [0.717, 1.165) is 0 Å². The molecule has 0 spiro atoms. The Morgan fingerprint density at radius 3 is 2.62 bits per heavy atom. The molecule has 0 bridgehead atoms. The number of rotatable bonds is 2. The van der Waals surface area contributed by atoms with Crippen LogP contribution in [0.1, 0.15) is 11.1 Å². The van der Waals surface area contributed by atoms with E-state index in [2.05, 4.69) is 15.5 Å². The lowest BCUT2D eigenvalue weighted by Crippen LogP contribution is -2.13. The molecular formula is C15H10FN3O2. The summed E-state index contributed by atoms with van der Waals surface area (Å²) < 4.78 is 13.0. The van der Waals surface area contributed by atoms with Crippen LogP contribution in [0, 0.1) is 10.7 Å². The van der Waals surface area contributed by atoms with Crippen molar-refractivity contribution in [2.45, 2.75) is 0 Å². The van der Waals surface area contributed by atoms with Gasteiger partial charge in [0, 0.05) is 11.1 Å². The molecular weight excluding hydrogens is 273 g/mol. The van der Waals surface area contributed by atoms with E-state index in [1.54, 1.807) is 24.3 Å². The summed E-state index contributed by atoms with van der Waals surface area (Å²) in [7, 11) is 0. The average Bonchev–Trinajstić information content (AvgIpc) is 2.66. The summed E-state index contributed by atoms with van der Waals surface area (Å²) in [5, 5.41) is 5.61. The van der Waals surface area contributed by atoms with Crippen LogP contribution in [-0.2, 0) is 4.79 Å². The van der Waals surface area contributed by atoms with Crippen LogP contribution in [0.4, 0.5) is 15.8 Å². The maximum atomic E-state index is 13.0. The van der Waals surface area contributed by atoms with E-state index < -0.39 is 0 Å². The highest BCUT2D eigenvalue weighted by atomic mass is 19.1. The summed E-state index contributed by atoms with van der Waals surface area (Å²) in [5.41, 5.74) is 2.56. The minimum Gasteiger partial charge on any atom is -0.324 e. The molecule has 0 aromatic heterocycles. The van der Waals surface area contributed by atoms with Gasteiger partial charge in [0.1, 0.15) is 18.0 Å². The quantitative estimate of drug-likeness (QED) is 0.860. The number of nitrogens with zero attached hydrogens (tertiary/aromatic N) is 2. The Hall–Kier alpha value is -2.89. The van der Waals surface area contributed by atoms with E-state index in [0.29, 0.717) is 22.5 Å². The van der Waals surface area contributed by atoms with Crippen molar-refractivity contribution in [1.29, 1.82) is 0 Å². The lowest BCUT2D eigenvalue weighted by molar-refractivity contribution is -0.114. The molecule has 6 heteroatoms. The van der Waals surface area contributed by atoms with Crippen LogP contribution in [0.25, 0.3) is 0 Å². The Labute approximate surface area is 119 Å². The zero-order valence-corrected chi connectivity index (χ0v) is 10.8. The van der Waals surface area contributed by atoms with Gasteiger partial charge in [0.05, 0.1) is 11.4 Å². The van der Waals surface area contributed by atoms with Gasteiger partial charge in [-0.1, -0.05) is 0 Å². The monoisotopic (exact) mass is 283 g/mol. The van der Waals surface area contributed by atoms with Crippen molar-refractivity contribution in [3.63, 3.8) is 0 Å². The number of benzodiazepines with no additional fused rings is 1. The highest BCUT2D eigenvalue weighted by molar-refractivity contribution is 6.19. The molecule has 0 fully saturated rings. The van der Waals surface area contributed by atoms with Crippen molar-refractivity contribution in [3.05, 3.63) is 64.3 Å². The Balaban J connectivity index is 2.18. The van der Waals surface area contributed by atoms with Gasteiger partial charge < -0.3 is 5.32 Å². The first kappa shape index (κ1) is 13.1. The van der Waals surface area contributed by atoms with Crippen molar-refractivity contribution in [2.75, 3.05) is 11.9 Å². The van der Waals surface area contributed by atoms with Crippen molar-refractivity contribution in [1.82, 2.24) is 0 Å². The predicted molar refractivity (Wildman–Crippen MR) is 77.4 cm³/mol. The molecule has 5 nitrogen and oxygen atoms in total. The molecule has 0 saturated carbocycles. The molecule has 1 N–H and O–H groups in total. The zero-order valence-electron chi connectivity index (χ0n) is 10.8. The fourth-order valence-electron chi connectivity index (χ4n) is 2.17.